The molecule has 0 aliphatic carbocycles. The topological polar surface area (TPSA) is 58.4 Å². The first-order valence-corrected chi connectivity index (χ1v) is 7.30. The van der Waals surface area contributed by atoms with Crippen LogP contribution in [0.15, 0.2) is 27.3 Å². The number of hydrogen-bond acceptors (Lipinski definition) is 4. The van der Waals surface area contributed by atoms with Gasteiger partial charge in [-0.3, -0.25) is 4.79 Å². The van der Waals surface area contributed by atoms with Crippen molar-refractivity contribution in [2.45, 2.75) is 6.42 Å². The highest BCUT2D eigenvalue weighted by molar-refractivity contribution is 9.10. The van der Waals surface area contributed by atoms with Gasteiger partial charge in [0, 0.05) is 25.7 Å². The molecule has 102 valence electrons. The van der Waals surface area contributed by atoms with Crippen LogP contribution >= 0.6 is 15.9 Å². The Morgan fingerprint density at radius 2 is 2.42 bits per heavy atom. The van der Waals surface area contributed by atoms with E-state index in [0.29, 0.717) is 28.7 Å². The van der Waals surface area contributed by atoms with Crippen LogP contribution in [0.5, 0.6) is 0 Å². The third-order valence-electron chi connectivity index (χ3n) is 3.67. The molecule has 1 N–H and O–H groups in total. The lowest BCUT2D eigenvalue weighted by Crippen LogP contribution is -2.44. The molecule has 0 aromatic carbocycles. The van der Waals surface area contributed by atoms with Crippen LogP contribution < -0.4 is 5.32 Å². The summed E-state index contributed by atoms with van der Waals surface area (Å²) in [6.45, 7) is 3.44. The fraction of sp³-hybridized carbons (Fsp3) is 0.538. The monoisotopic (exact) mass is 325 g/mol. The van der Waals surface area contributed by atoms with Crippen molar-refractivity contribution in [3.05, 3.63) is 28.6 Å². The summed E-state index contributed by atoms with van der Waals surface area (Å²) in [4.78, 5) is 14.2. The Morgan fingerprint density at radius 3 is 3.21 bits per heavy atom. The molecule has 3 rings (SSSR count). The molecule has 2 aliphatic heterocycles. The second kappa shape index (κ2) is 5.46. The quantitative estimate of drug-likeness (QED) is 0.798. The Labute approximate surface area is 120 Å². The molecule has 2 aliphatic rings. The summed E-state index contributed by atoms with van der Waals surface area (Å²) in [7, 11) is 0. The number of piperidine rings is 1. The van der Waals surface area contributed by atoms with Crippen molar-refractivity contribution >= 4 is 21.8 Å². The molecule has 0 saturated carbocycles. The van der Waals surface area contributed by atoms with Crippen molar-refractivity contribution in [1.29, 1.82) is 0 Å². The molecule has 3 heterocycles. The highest BCUT2D eigenvalue weighted by atomic mass is 79.9. The van der Waals surface area contributed by atoms with Gasteiger partial charge in [-0.2, -0.15) is 0 Å². The highest BCUT2D eigenvalue weighted by Crippen LogP contribution is 2.22. The first-order valence-electron chi connectivity index (χ1n) is 6.51. The molecule has 1 aromatic rings. The first-order chi connectivity index (χ1) is 9.22. The summed E-state index contributed by atoms with van der Waals surface area (Å²) in [6.07, 6.45) is 5.44. The van der Waals surface area contributed by atoms with Crippen LogP contribution in [-0.2, 0) is 0 Å². The number of nitrogens with zero attached hydrogens (tertiary/aromatic N) is 2. The molecule has 2 atom stereocenters. The van der Waals surface area contributed by atoms with Gasteiger partial charge in [-0.15, -0.1) is 0 Å². The lowest BCUT2D eigenvalue weighted by Gasteiger charge is -2.34. The number of hydrogen-bond donors (Lipinski definition) is 1. The van der Waals surface area contributed by atoms with Gasteiger partial charge in [-0.25, -0.2) is 0 Å². The normalized spacial score (nSPS) is 26.9. The Balaban J connectivity index is 1.76. The van der Waals surface area contributed by atoms with Gasteiger partial charge in [-0.05, 0) is 40.7 Å². The molecule has 2 unspecified atom stereocenters. The zero-order valence-electron chi connectivity index (χ0n) is 10.5. The molecule has 2 bridgehead atoms. The average molecular weight is 326 g/mol. The Morgan fingerprint density at radius 1 is 1.53 bits per heavy atom. The fourth-order valence-corrected chi connectivity index (χ4v) is 3.08. The smallest absolute Gasteiger partial charge is 0.292 e. The van der Waals surface area contributed by atoms with Crippen molar-refractivity contribution in [1.82, 2.24) is 15.4 Å². The van der Waals surface area contributed by atoms with Gasteiger partial charge >= 0.3 is 0 Å². The summed E-state index contributed by atoms with van der Waals surface area (Å²) in [6, 6.07) is 1.62. The van der Waals surface area contributed by atoms with Gasteiger partial charge in [0.25, 0.3) is 5.91 Å². The first kappa shape index (κ1) is 12.9. The molecule has 0 radical (unpaired) electrons. The van der Waals surface area contributed by atoms with Crippen LogP contribution in [0, 0.1) is 11.8 Å². The van der Waals surface area contributed by atoms with E-state index < -0.39 is 0 Å². The summed E-state index contributed by atoms with van der Waals surface area (Å²) in [5, 5.41) is 7.13. The van der Waals surface area contributed by atoms with Crippen LogP contribution in [0.1, 0.15) is 17.0 Å². The van der Waals surface area contributed by atoms with Gasteiger partial charge in [0.05, 0.1) is 0 Å². The Hall–Kier alpha value is -1.14. The van der Waals surface area contributed by atoms with E-state index in [-0.39, 0.29) is 5.91 Å². The van der Waals surface area contributed by atoms with Gasteiger partial charge < -0.3 is 14.7 Å². The predicted molar refractivity (Wildman–Crippen MR) is 73.7 cm³/mol. The molecule has 5 nitrogen and oxygen atoms in total. The minimum absolute atomic E-state index is 0.0909. The van der Waals surface area contributed by atoms with E-state index in [0.717, 1.165) is 26.1 Å². The number of fused-ring (bicyclic) bond motifs is 2. The van der Waals surface area contributed by atoms with Crippen molar-refractivity contribution in [3.8, 4) is 0 Å². The zero-order chi connectivity index (χ0) is 13.2. The number of carbonyl (C=O) groups excluding carboxylic acids is 1. The number of carbonyl (C=O) groups is 1. The van der Waals surface area contributed by atoms with E-state index in [1.54, 1.807) is 6.07 Å². The number of aromatic nitrogens is 1. The summed E-state index contributed by atoms with van der Waals surface area (Å²) in [5.74, 6) is 1.32. The molecule has 19 heavy (non-hydrogen) atoms. The van der Waals surface area contributed by atoms with Gasteiger partial charge in [-0.1, -0.05) is 17.3 Å². The molecular weight excluding hydrogens is 310 g/mol. The number of amides is 1. The largest absolute Gasteiger partial charge is 0.350 e. The highest BCUT2D eigenvalue weighted by Gasteiger charge is 2.27. The second-order valence-electron chi connectivity index (χ2n) is 5.17. The third-order valence-corrected chi connectivity index (χ3v) is 4.04. The molecular formula is C13H16BrN3O2. The minimum atomic E-state index is -0.0909. The van der Waals surface area contributed by atoms with E-state index in [4.69, 9.17) is 4.52 Å². The van der Waals surface area contributed by atoms with E-state index in [1.807, 2.05) is 4.90 Å². The number of rotatable bonds is 1. The summed E-state index contributed by atoms with van der Waals surface area (Å²) >= 11 is 3.20. The Bertz CT molecular complexity index is 500. The van der Waals surface area contributed by atoms with E-state index in [1.165, 1.54) is 0 Å². The molecule has 1 aromatic heterocycles. The maximum Gasteiger partial charge on any atom is 0.292 e. The summed E-state index contributed by atoms with van der Waals surface area (Å²) in [5.41, 5.74) is 0. The standard InChI is InChI=1S/C13H16BrN3O2/c14-12-5-11(19-16-12)13(18)17-3-1-2-9-4-10(8-17)7-15-6-9/h1-2,5,9-10,15H,3-4,6-8H2. The van der Waals surface area contributed by atoms with Gasteiger partial charge in [0.1, 0.15) is 4.60 Å². The van der Waals surface area contributed by atoms with Crippen LogP contribution in [0.4, 0.5) is 0 Å². The second-order valence-corrected chi connectivity index (χ2v) is 5.98. The van der Waals surface area contributed by atoms with Crippen LogP contribution in [0.25, 0.3) is 0 Å². The lowest BCUT2D eigenvalue weighted by atomic mass is 9.88. The zero-order valence-corrected chi connectivity index (χ0v) is 12.1. The lowest BCUT2D eigenvalue weighted by molar-refractivity contribution is 0.0687. The third kappa shape index (κ3) is 2.90. The summed E-state index contributed by atoms with van der Waals surface area (Å²) < 4.78 is 5.58. The van der Waals surface area contributed by atoms with Crippen LogP contribution in [0.2, 0.25) is 0 Å². The number of halogens is 1. The maximum atomic E-state index is 12.4. The average Bonchev–Trinajstić information content (AvgIpc) is 2.82. The van der Waals surface area contributed by atoms with Gasteiger partial charge in [0.15, 0.2) is 0 Å². The minimum Gasteiger partial charge on any atom is -0.350 e. The molecule has 6 heteroatoms. The molecule has 1 saturated heterocycles. The molecule has 0 spiro atoms. The molecule has 1 amide bonds. The van der Waals surface area contributed by atoms with Crippen molar-refractivity contribution in [2.24, 2.45) is 11.8 Å². The van der Waals surface area contributed by atoms with E-state index in [2.05, 4.69) is 38.6 Å². The van der Waals surface area contributed by atoms with Crippen LogP contribution in [-0.4, -0.2) is 42.1 Å². The fourth-order valence-electron chi connectivity index (χ4n) is 2.80. The predicted octanol–water partition coefficient (Wildman–Crippen LogP) is 1.67. The molecule has 1 fully saturated rings. The van der Waals surface area contributed by atoms with E-state index >= 15 is 0 Å². The maximum absolute atomic E-state index is 12.4. The Kier molecular flexibility index (Phi) is 3.70. The van der Waals surface area contributed by atoms with Crippen molar-refractivity contribution in [2.75, 3.05) is 26.2 Å². The van der Waals surface area contributed by atoms with Crippen molar-refractivity contribution in [3.63, 3.8) is 0 Å². The van der Waals surface area contributed by atoms with Crippen LogP contribution in [0.3, 0.4) is 0 Å². The van der Waals surface area contributed by atoms with E-state index in [9.17, 15) is 4.79 Å². The van der Waals surface area contributed by atoms with Crippen molar-refractivity contribution < 1.29 is 9.32 Å². The SMILES string of the molecule is O=C(c1cc(Br)no1)N1CC=CC2CNCC(C2)C1. The van der Waals surface area contributed by atoms with Gasteiger partial charge in [0.2, 0.25) is 5.76 Å². The number of nitrogens with one attached hydrogen (secondary N) is 1.